The van der Waals surface area contributed by atoms with Crippen LogP contribution in [0.1, 0.15) is 28.3 Å². The maximum absolute atomic E-state index is 12.4. The predicted octanol–water partition coefficient (Wildman–Crippen LogP) is 2.26. The van der Waals surface area contributed by atoms with E-state index in [-0.39, 0.29) is 17.9 Å². The van der Waals surface area contributed by atoms with Gasteiger partial charge in [0.05, 0.1) is 17.7 Å². The Balaban J connectivity index is 1.63. The molecule has 5 nitrogen and oxygen atoms in total. The highest BCUT2D eigenvalue weighted by atomic mass is 32.1. The van der Waals surface area contributed by atoms with E-state index in [1.807, 2.05) is 17.5 Å². The molecule has 1 saturated heterocycles. The highest BCUT2D eigenvalue weighted by Gasteiger charge is 2.34. The van der Waals surface area contributed by atoms with E-state index in [0.717, 1.165) is 6.42 Å². The Morgan fingerprint density at radius 1 is 1.38 bits per heavy atom. The lowest BCUT2D eigenvalue weighted by Crippen LogP contribution is -2.45. The van der Waals surface area contributed by atoms with Crippen molar-refractivity contribution in [1.82, 2.24) is 10.2 Å². The topological polar surface area (TPSA) is 62.6 Å². The average Bonchev–Trinajstić information content (AvgIpc) is 3.26. The fourth-order valence-corrected chi connectivity index (χ4v) is 3.21. The summed E-state index contributed by atoms with van der Waals surface area (Å²) in [5.74, 6) is 0.534. The third-order valence-electron chi connectivity index (χ3n) is 3.57. The van der Waals surface area contributed by atoms with Crippen molar-refractivity contribution < 1.29 is 14.0 Å². The molecule has 0 radical (unpaired) electrons. The summed E-state index contributed by atoms with van der Waals surface area (Å²) in [5, 5.41) is 4.70. The average molecular weight is 304 g/mol. The van der Waals surface area contributed by atoms with E-state index in [0.29, 0.717) is 30.1 Å². The molecule has 0 aliphatic carbocycles. The second-order valence-corrected chi connectivity index (χ2v) is 5.88. The number of amides is 2. The molecule has 2 amide bonds. The molecule has 0 spiro atoms. The van der Waals surface area contributed by atoms with E-state index in [1.165, 1.54) is 11.3 Å². The van der Waals surface area contributed by atoms with Crippen molar-refractivity contribution in [2.24, 2.45) is 0 Å². The maximum atomic E-state index is 12.4. The second-order valence-electron chi connectivity index (χ2n) is 4.93. The van der Waals surface area contributed by atoms with Gasteiger partial charge < -0.3 is 14.6 Å². The standard InChI is InChI=1S/C15H16N2O3S/c18-14(16-10-11-4-2-8-20-11)12-5-1-7-17(12)15(19)13-6-3-9-21-13/h2-4,6,8-9,12H,1,5,7,10H2,(H,16,18)/t12-/m0/s1. The molecule has 1 N–H and O–H groups in total. The minimum absolute atomic E-state index is 0.0550. The van der Waals surface area contributed by atoms with Crippen LogP contribution in [0.4, 0.5) is 0 Å². The molecule has 0 bridgehead atoms. The van der Waals surface area contributed by atoms with E-state index in [9.17, 15) is 9.59 Å². The summed E-state index contributed by atoms with van der Waals surface area (Å²) in [7, 11) is 0. The molecule has 2 aromatic heterocycles. The summed E-state index contributed by atoms with van der Waals surface area (Å²) in [5.41, 5.74) is 0. The Hall–Kier alpha value is -2.08. The summed E-state index contributed by atoms with van der Waals surface area (Å²) in [6, 6.07) is 6.85. The Labute approximate surface area is 126 Å². The molecule has 0 saturated carbocycles. The van der Waals surface area contributed by atoms with E-state index >= 15 is 0 Å². The molecular weight excluding hydrogens is 288 g/mol. The number of hydrogen-bond donors (Lipinski definition) is 1. The van der Waals surface area contributed by atoms with Crippen LogP contribution in [0.3, 0.4) is 0 Å². The van der Waals surface area contributed by atoms with Crippen LogP contribution in [0.25, 0.3) is 0 Å². The van der Waals surface area contributed by atoms with Crippen molar-refractivity contribution in [2.45, 2.75) is 25.4 Å². The monoisotopic (exact) mass is 304 g/mol. The molecular formula is C15H16N2O3S. The van der Waals surface area contributed by atoms with Gasteiger partial charge in [0, 0.05) is 6.54 Å². The minimum Gasteiger partial charge on any atom is -0.467 e. The van der Waals surface area contributed by atoms with Crippen molar-refractivity contribution in [3.8, 4) is 0 Å². The number of likely N-dealkylation sites (tertiary alicyclic amines) is 1. The van der Waals surface area contributed by atoms with E-state index in [1.54, 1.807) is 23.3 Å². The van der Waals surface area contributed by atoms with Gasteiger partial charge in [-0.15, -0.1) is 11.3 Å². The van der Waals surface area contributed by atoms with Gasteiger partial charge in [0.2, 0.25) is 5.91 Å². The zero-order valence-electron chi connectivity index (χ0n) is 11.5. The number of furan rings is 1. The molecule has 0 aromatic carbocycles. The quantitative estimate of drug-likeness (QED) is 0.942. The SMILES string of the molecule is O=C(NCc1ccco1)[C@@H]1CCCN1C(=O)c1cccs1. The van der Waals surface area contributed by atoms with Gasteiger partial charge in [0.1, 0.15) is 11.8 Å². The molecule has 2 aromatic rings. The highest BCUT2D eigenvalue weighted by Crippen LogP contribution is 2.22. The Morgan fingerprint density at radius 3 is 3.00 bits per heavy atom. The van der Waals surface area contributed by atoms with Crippen LogP contribution >= 0.6 is 11.3 Å². The zero-order chi connectivity index (χ0) is 14.7. The molecule has 6 heteroatoms. The first-order valence-electron chi connectivity index (χ1n) is 6.90. The van der Waals surface area contributed by atoms with Crippen LogP contribution in [-0.4, -0.2) is 29.3 Å². The van der Waals surface area contributed by atoms with Crippen LogP contribution in [0.2, 0.25) is 0 Å². The van der Waals surface area contributed by atoms with Crippen molar-refractivity contribution in [2.75, 3.05) is 6.54 Å². The van der Waals surface area contributed by atoms with Gasteiger partial charge in [-0.05, 0) is 36.4 Å². The molecule has 110 valence electrons. The summed E-state index contributed by atoms with van der Waals surface area (Å²) < 4.78 is 5.19. The van der Waals surface area contributed by atoms with Crippen LogP contribution in [0.15, 0.2) is 40.3 Å². The number of carbonyl (C=O) groups is 2. The van der Waals surface area contributed by atoms with Crippen molar-refractivity contribution in [3.05, 3.63) is 46.5 Å². The van der Waals surface area contributed by atoms with Gasteiger partial charge in [-0.3, -0.25) is 9.59 Å². The van der Waals surface area contributed by atoms with Crippen LogP contribution < -0.4 is 5.32 Å². The summed E-state index contributed by atoms with van der Waals surface area (Å²) >= 11 is 1.41. The van der Waals surface area contributed by atoms with Gasteiger partial charge >= 0.3 is 0 Å². The van der Waals surface area contributed by atoms with Gasteiger partial charge in [0.15, 0.2) is 0 Å². The summed E-state index contributed by atoms with van der Waals surface area (Å²) in [6.45, 7) is 0.985. The van der Waals surface area contributed by atoms with Gasteiger partial charge in [0.25, 0.3) is 5.91 Å². The first kappa shape index (κ1) is 13.9. The minimum atomic E-state index is -0.380. The lowest BCUT2D eigenvalue weighted by molar-refractivity contribution is -0.125. The van der Waals surface area contributed by atoms with Crippen LogP contribution in [0, 0.1) is 0 Å². The number of nitrogens with one attached hydrogen (secondary N) is 1. The zero-order valence-corrected chi connectivity index (χ0v) is 12.3. The van der Waals surface area contributed by atoms with Crippen molar-refractivity contribution in [1.29, 1.82) is 0 Å². The molecule has 21 heavy (non-hydrogen) atoms. The van der Waals surface area contributed by atoms with Gasteiger partial charge in [-0.25, -0.2) is 0 Å². The lowest BCUT2D eigenvalue weighted by Gasteiger charge is -2.23. The molecule has 1 aliphatic rings. The van der Waals surface area contributed by atoms with E-state index < -0.39 is 0 Å². The first-order valence-corrected chi connectivity index (χ1v) is 7.78. The lowest BCUT2D eigenvalue weighted by atomic mass is 10.2. The molecule has 1 atom stereocenters. The molecule has 1 fully saturated rings. The number of rotatable bonds is 4. The predicted molar refractivity (Wildman–Crippen MR) is 78.9 cm³/mol. The van der Waals surface area contributed by atoms with Gasteiger partial charge in [-0.1, -0.05) is 6.07 Å². The molecule has 0 unspecified atom stereocenters. The molecule has 3 heterocycles. The van der Waals surface area contributed by atoms with E-state index in [4.69, 9.17) is 4.42 Å². The smallest absolute Gasteiger partial charge is 0.264 e. The third kappa shape index (κ3) is 3.00. The normalized spacial score (nSPS) is 17.9. The summed E-state index contributed by atoms with van der Waals surface area (Å²) in [4.78, 5) is 27.0. The van der Waals surface area contributed by atoms with Crippen LogP contribution in [0.5, 0.6) is 0 Å². The first-order chi connectivity index (χ1) is 10.3. The fourth-order valence-electron chi connectivity index (χ4n) is 2.53. The Morgan fingerprint density at radius 2 is 2.29 bits per heavy atom. The third-order valence-corrected chi connectivity index (χ3v) is 4.42. The number of hydrogen-bond acceptors (Lipinski definition) is 4. The highest BCUT2D eigenvalue weighted by molar-refractivity contribution is 7.12. The summed E-state index contributed by atoms with van der Waals surface area (Å²) in [6.07, 6.45) is 3.14. The van der Waals surface area contributed by atoms with Crippen molar-refractivity contribution in [3.63, 3.8) is 0 Å². The number of thiophene rings is 1. The Kier molecular flexibility index (Phi) is 4.06. The fraction of sp³-hybridized carbons (Fsp3) is 0.333. The Bertz CT molecular complexity index is 607. The molecule has 3 rings (SSSR count). The largest absolute Gasteiger partial charge is 0.467 e. The number of carbonyl (C=O) groups excluding carboxylic acids is 2. The van der Waals surface area contributed by atoms with Crippen molar-refractivity contribution >= 4 is 23.2 Å². The van der Waals surface area contributed by atoms with E-state index in [2.05, 4.69) is 5.32 Å². The molecule has 1 aliphatic heterocycles. The van der Waals surface area contributed by atoms with Gasteiger partial charge in [-0.2, -0.15) is 0 Å². The number of nitrogens with zero attached hydrogens (tertiary/aromatic N) is 1. The van der Waals surface area contributed by atoms with Crippen LogP contribution in [-0.2, 0) is 11.3 Å². The maximum Gasteiger partial charge on any atom is 0.264 e. The second kappa shape index (κ2) is 6.13.